The molecule has 3 fully saturated rings. The Hall–Kier alpha value is -3.11. The molecule has 4 aliphatic rings. The number of hydrogen-bond donors (Lipinski definition) is 2. The van der Waals surface area contributed by atoms with Gasteiger partial charge in [-0.05, 0) is 124 Å². The lowest BCUT2D eigenvalue weighted by Crippen LogP contribution is -2.42. The first kappa shape index (κ1) is 40.6. The second-order valence-electron chi connectivity index (χ2n) is 16.5. The predicted molar refractivity (Wildman–Crippen MR) is 205 cm³/mol. The molecule has 2 saturated heterocycles. The lowest BCUT2D eigenvalue weighted by Gasteiger charge is -2.33. The van der Waals surface area contributed by atoms with Crippen molar-refractivity contribution in [3.05, 3.63) is 64.2 Å². The van der Waals surface area contributed by atoms with Gasteiger partial charge in [-0.1, -0.05) is 74.4 Å². The highest BCUT2D eigenvalue weighted by Gasteiger charge is 2.35. The number of rotatable bonds is 12. The maximum absolute atomic E-state index is 13.8. The number of para-hydroxylation sites is 1. The van der Waals surface area contributed by atoms with Crippen molar-refractivity contribution in [3.8, 4) is 0 Å². The zero-order valence-corrected chi connectivity index (χ0v) is 32.2. The van der Waals surface area contributed by atoms with Gasteiger partial charge in [0.1, 0.15) is 0 Å². The quantitative estimate of drug-likeness (QED) is 0.224. The number of likely N-dealkylation sites (tertiary alicyclic amines) is 1. The van der Waals surface area contributed by atoms with E-state index in [2.05, 4.69) is 16.7 Å². The summed E-state index contributed by atoms with van der Waals surface area (Å²) in [6.45, 7) is 3.17. The molecule has 0 spiro atoms. The molecule has 2 aromatic rings. The number of hydrogen-bond acceptors (Lipinski definition) is 5. The highest BCUT2D eigenvalue weighted by Crippen LogP contribution is 2.38. The van der Waals surface area contributed by atoms with E-state index >= 15 is 0 Å². The molecule has 0 radical (unpaired) electrons. The number of ketones is 1. The lowest BCUT2D eigenvalue weighted by atomic mass is 9.76. The van der Waals surface area contributed by atoms with Crippen molar-refractivity contribution >= 4 is 35.1 Å². The Morgan fingerprint density at radius 1 is 0.852 bits per heavy atom. The predicted octanol–water partition coefficient (Wildman–Crippen LogP) is 10.0. The Bertz CT molecular complexity index is 1560. The average molecular weight is 772 g/mol. The van der Waals surface area contributed by atoms with Crippen LogP contribution in [0.2, 0.25) is 5.02 Å². The standard InChI is InChI=1S/C43H57ClF3N3O4/c44-37-27-33(13-17-36(37)43(45,46)47)28-40(39(51)18-14-31-11-9-30(10-12-31)8-7-29-4-3-22-48-23-19-29)54-42(53)50-24-20-32(21-25-50)26-35-16-15-34-5-1-2-6-38(34)49-41(35)52/h1-2,5-6,13,17,27,29-32,35,40,48H,3-4,7-12,14-16,18-26,28H2,(H,49,52)/t29?,30?,31?,35?,40-/m1/s1. The highest BCUT2D eigenvalue weighted by atomic mass is 35.5. The van der Waals surface area contributed by atoms with Gasteiger partial charge in [0.25, 0.3) is 0 Å². The molecule has 54 heavy (non-hydrogen) atoms. The van der Waals surface area contributed by atoms with Crippen LogP contribution in [0.5, 0.6) is 0 Å². The van der Waals surface area contributed by atoms with Crippen LogP contribution < -0.4 is 10.6 Å². The van der Waals surface area contributed by atoms with Gasteiger partial charge in [-0.3, -0.25) is 9.59 Å². The van der Waals surface area contributed by atoms with Crippen molar-refractivity contribution < 1.29 is 32.3 Å². The van der Waals surface area contributed by atoms with E-state index < -0.39 is 29.0 Å². The van der Waals surface area contributed by atoms with Crippen LogP contribution in [-0.4, -0.2) is 55.0 Å². The van der Waals surface area contributed by atoms with Gasteiger partial charge in [0, 0.05) is 37.5 Å². The van der Waals surface area contributed by atoms with Gasteiger partial charge in [0.05, 0.1) is 10.6 Å². The van der Waals surface area contributed by atoms with Crippen LogP contribution in [-0.2, 0) is 33.3 Å². The van der Waals surface area contributed by atoms with Gasteiger partial charge in [-0.15, -0.1) is 0 Å². The fourth-order valence-electron chi connectivity index (χ4n) is 9.25. The molecule has 11 heteroatoms. The van der Waals surface area contributed by atoms with Gasteiger partial charge < -0.3 is 20.3 Å². The number of ether oxygens (including phenoxy) is 1. The zero-order chi connectivity index (χ0) is 38.1. The van der Waals surface area contributed by atoms with Gasteiger partial charge >= 0.3 is 12.3 Å². The number of fused-ring (bicyclic) bond motifs is 1. The fraction of sp³-hybridized carbons (Fsp3) is 0.651. The summed E-state index contributed by atoms with van der Waals surface area (Å²) in [4.78, 5) is 41.9. The first-order valence-corrected chi connectivity index (χ1v) is 20.8. The number of nitrogens with one attached hydrogen (secondary N) is 2. The second-order valence-corrected chi connectivity index (χ2v) is 16.9. The second kappa shape index (κ2) is 19.2. The molecular weight excluding hydrogens is 715 g/mol. The van der Waals surface area contributed by atoms with Crippen LogP contribution in [0.15, 0.2) is 42.5 Å². The van der Waals surface area contributed by atoms with Gasteiger partial charge in [0.15, 0.2) is 11.9 Å². The highest BCUT2D eigenvalue weighted by molar-refractivity contribution is 6.31. The molecule has 0 aromatic heterocycles. The van der Waals surface area contributed by atoms with Gasteiger partial charge in [-0.25, -0.2) is 4.79 Å². The third-order valence-corrected chi connectivity index (χ3v) is 13.0. The smallest absolute Gasteiger partial charge is 0.417 e. The van der Waals surface area contributed by atoms with Crippen molar-refractivity contribution in [2.75, 3.05) is 31.5 Å². The summed E-state index contributed by atoms with van der Waals surface area (Å²) in [6.07, 6.45) is 9.44. The maximum Gasteiger partial charge on any atom is 0.417 e. The Kier molecular flexibility index (Phi) is 14.4. The van der Waals surface area contributed by atoms with E-state index in [-0.39, 0.29) is 36.4 Å². The first-order chi connectivity index (χ1) is 26.0. The van der Waals surface area contributed by atoms with Crippen LogP contribution in [0.4, 0.5) is 23.7 Å². The van der Waals surface area contributed by atoms with Crippen LogP contribution in [0, 0.1) is 29.6 Å². The molecule has 3 atom stereocenters. The van der Waals surface area contributed by atoms with Crippen LogP contribution in [0.3, 0.4) is 0 Å². The molecule has 2 unspecified atom stereocenters. The SMILES string of the molecule is O=C1Nc2ccccc2CCC1CC1CCN(C(=O)O[C@H](Cc2ccc(C(F)(F)F)c(Cl)c2)C(=O)CCC2CCC(CCC3CCCNCC3)CC2)CC1. The van der Waals surface area contributed by atoms with E-state index in [0.717, 1.165) is 87.2 Å². The molecule has 296 valence electrons. The monoisotopic (exact) mass is 771 g/mol. The molecule has 0 bridgehead atoms. The molecule has 1 aliphatic carbocycles. The summed E-state index contributed by atoms with van der Waals surface area (Å²) in [5, 5.41) is 6.14. The van der Waals surface area contributed by atoms with E-state index in [4.69, 9.17) is 16.3 Å². The van der Waals surface area contributed by atoms with Crippen molar-refractivity contribution in [2.45, 2.75) is 121 Å². The number of benzene rings is 2. The minimum atomic E-state index is -4.60. The molecule has 3 heterocycles. The molecule has 2 N–H and O–H groups in total. The van der Waals surface area contributed by atoms with Gasteiger partial charge in [0.2, 0.25) is 5.91 Å². The minimum absolute atomic E-state index is 0.0402. The fourth-order valence-corrected chi connectivity index (χ4v) is 9.56. The van der Waals surface area contributed by atoms with Crippen LogP contribution >= 0.6 is 11.6 Å². The Balaban J connectivity index is 1.00. The molecular formula is C43H57ClF3N3O4. The van der Waals surface area contributed by atoms with E-state index in [1.165, 1.54) is 57.1 Å². The molecule has 3 aliphatic heterocycles. The number of amides is 2. The summed E-state index contributed by atoms with van der Waals surface area (Å²) < 4.78 is 46.1. The number of halogens is 4. The molecule has 2 amide bonds. The molecule has 7 nitrogen and oxygen atoms in total. The number of carbonyl (C=O) groups excluding carboxylic acids is 3. The third kappa shape index (κ3) is 11.5. The van der Waals surface area contributed by atoms with Crippen molar-refractivity contribution in [1.82, 2.24) is 10.2 Å². The van der Waals surface area contributed by atoms with Gasteiger partial charge in [-0.2, -0.15) is 13.2 Å². The minimum Gasteiger partial charge on any atom is -0.438 e. The summed E-state index contributed by atoms with van der Waals surface area (Å²) in [5.41, 5.74) is 1.50. The largest absolute Gasteiger partial charge is 0.438 e. The van der Waals surface area contributed by atoms with Crippen molar-refractivity contribution in [3.63, 3.8) is 0 Å². The van der Waals surface area contributed by atoms with E-state index in [9.17, 15) is 27.6 Å². The summed E-state index contributed by atoms with van der Waals surface area (Å²) in [5.74, 6) is 2.03. The third-order valence-electron chi connectivity index (χ3n) is 12.7. The maximum atomic E-state index is 13.8. The number of piperidine rings is 1. The molecule has 2 aromatic carbocycles. The van der Waals surface area contributed by atoms with E-state index in [1.54, 1.807) is 4.90 Å². The normalized spacial score (nSPS) is 24.8. The van der Waals surface area contributed by atoms with Crippen molar-refractivity contribution in [1.29, 1.82) is 0 Å². The number of aryl methyl sites for hydroxylation is 1. The zero-order valence-electron chi connectivity index (χ0n) is 31.4. The van der Waals surface area contributed by atoms with E-state index in [1.807, 2.05) is 18.2 Å². The molecule has 6 rings (SSSR count). The number of Topliss-reactive ketones (excluding diaryl/α,β-unsaturated/α-hetero) is 1. The van der Waals surface area contributed by atoms with E-state index in [0.29, 0.717) is 31.0 Å². The van der Waals surface area contributed by atoms with Crippen LogP contribution in [0.1, 0.15) is 113 Å². The number of alkyl halides is 3. The summed E-state index contributed by atoms with van der Waals surface area (Å²) in [6, 6.07) is 11.4. The topological polar surface area (TPSA) is 87.7 Å². The Morgan fingerprint density at radius 3 is 2.28 bits per heavy atom. The number of nitrogens with zero attached hydrogens (tertiary/aromatic N) is 1. The number of carbonyl (C=O) groups is 3. The van der Waals surface area contributed by atoms with Crippen LogP contribution in [0.25, 0.3) is 0 Å². The van der Waals surface area contributed by atoms with Crippen molar-refractivity contribution in [2.24, 2.45) is 29.6 Å². The first-order valence-electron chi connectivity index (χ1n) is 20.4. The number of anilines is 1. The Labute approximate surface area is 323 Å². The Morgan fingerprint density at radius 2 is 1.56 bits per heavy atom. The summed E-state index contributed by atoms with van der Waals surface area (Å²) in [7, 11) is 0. The summed E-state index contributed by atoms with van der Waals surface area (Å²) >= 11 is 6.03. The lowest BCUT2D eigenvalue weighted by molar-refractivity contribution is -0.137. The molecule has 1 saturated carbocycles. The average Bonchev–Trinajstić information content (AvgIpc) is 3.52.